The van der Waals surface area contributed by atoms with E-state index in [1.54, 1.807) is 0 Å². The van der Waals surface area contributed by atoms with E-state index < -0.39 is 0 Å². The third-order valence-corrected chi connectivity index (χ3v) is 3.67. The Morgan fingerprint density at radius 1 is 1.25 bits per heavy atom. The zero-order valence-corrected chi connectivity index (χ0v) is 11.2. The summed E-state index contributed by atoms with van der Waals surface area (Å²) >= 11 is 3.42. The van der Waals surface area contributed by atoms with Gasteiger partial charge in [-0.15, -0.1) is 0 Å². The molecule has 0 spiro atoms. The summed E-state index contributed by atoms with van der Waals surface area (Å²) in [6.07, 6.45) is 2.51. The number of likely N-dealkylation sites (tertiary alicyclic amines) is 1. The molecule has 0 aliphatic carbocycles. The van der Waals surface area contributed by atoms with Gasteiger partial charge in [0, 0.05) is 4.47 Å². The molecule has 0 atom stereocenters. The summed E-state index contributed by atoms with van der Waals surface area (Å²) < 4.78 is 6.89. The van der Waals surface area contributed by atoms with Crippen LogP contribution in [0, 0.1) is 5.92 Å². The molecule has 0 unspecified atom stereocenters. The van der Waals surface area contributed by atoms with Crippen LogP contribution in [0.3, 0.4) is 0 Å². The van der Waals surface area contributed by atoms with Crippen LogP contribution in [-0.4, -0.2) is 31.6 Å². The maximum absolute atomic E-state index is 5.80. The lowest BCUT2D eigenvalue weighted by Gasteiger charge is -2.28. The molecule has 2 nitrogen and oxygen atoms in total. The van der Waals surface area contributed by atoms with Crippen molar-refractivity contribution in [1.29, 1.82) is 0 Å². The predicted molar refractivity (Wildman–Crippen MR) is 69.9 cm³/mol. The molecular weight excluding hydrogens is 266 g/mol. The summed E-state index contributed by atoms with van der Waals surface area (Å²) in [4.78, 5) is 2.39. The van der Waals surface area contributed by atoms with Crippen molar-refractivity contribution in [2.24, 2.45) is 5.92 Å². The van der Waals surface area contributed by atoms with Crippen LogP contribution < -0.4 is 4.74 Å². The number of rotatable bonds is 3. The summed E-state index contributed by atoms with van der Waals surface area (Å²) in [5.74, 6) is 1.70. The number of benzene rings is 1. The number of ether oxygens (including phenoxy) is 1. The van der Waals surface area contributed by atoms with Crippen molar-refractivity contribution in [3.63, 3.8) is 0 Å². The van der Waals surface area contributed by atoms with Gasteiger partial charge in [0.1, 0.15) is 5.75 Å². The summed E-state index contributed by atoms with van der Waals surface area (Å²) in [5, 5.41) is 0. The zero-order valence-electron chi connectivity index (χ0n) is 9.66. The lowest BCUT2D eigenvalue weighted by molar-refractivity contribution is 0.160. The molecule has 0 bridgehead atoms. The van der Waals surface area contributed by atoms with Crippen molar-refractivity contribution in [2.45, 2.75) is 12.8 Å². The number of piperidine rings is 1. The first kappa shape index (κ1) is 11.9. The molecule has 1 saturated heterocycles. The van der Waals surface area contributed by atoms with Crippen LogP contribution in [0.1, 0.15) is 12.8 Å². The van der Waals surface area contributed by atoms with E-state index in [1.807, 2.05) is 24.3 Å². The van der Waals surface area contributed by atoms with Crippen LogP contribution in [0.25, 0.3) is 0 Å². The Kier molecular flexibility index (Phi) is 4.24. The van der Waals surface area contributed by atoms with Crippen molar-refractivity contribution in [2.75, 3.05) is 26.7 Å². The highest BCUT2D eigenvalue weighted by Gasteiger charge is 2.16. The van der Waals surface area contributed by atoms with Gasteiger partial charge in [0.25, 0.3) is 0 Å². The van der Waals surface area contributed by atoms with E-state index in [-0.39, 0.29) is 0 Å². The molecule has 2 rings (SSSR count). The molecule has 1 aromatic carbocycles. The van der Waals surface area contributed by atoms with Gasteiger partial charge in [-0.05, 0) is 63.2 Å². The van der Waals surface area contributed by atoms with Crippen molar-refractivity contribution in [1.82, 2.24) is 4.90 Å². The number of hydrogen-bond donors (Lipinski definition) is 0. The lowest BCUT2D eigenvalue weighted by atomic mass is 9.98. The second-order valence-corrected chi connectivity index (χ2v) is 5.43. The molecule has 1 aliphatic rings. The van der Waals surface area contributed by atoms with Gasteiger partial charge in [0.05, 0.1) is 6.61 Å². The second-order valence-electron chi connectivity index (χ2n) is 4.51. The van der Waals surface area contributed by atoms with Crippen molar-refractivity contribution in [3.8, 4) is 5.75 Å². The molecular formula is C13H18BrNO. The van der Waals surface area contributed by atoms with E-state index in [2.05, 4.69) is 27.9 Å². The molecule has 88 valence electrons. The van der Waals surface area contributed by atoms with Gasteiger partial charge in [-0.1, -0.05) is 15.9 Å². The summed E-state index contributed by atoms with van der Waals surface area (Å²) in [6, 6.07) is 8.06. The molecule has 1 aliphatic heterocycles. The first-order chi connectivity index (χ1) is 7.74. The monoisotopic (exact) mass is 283 g/mol. The topological polar surface area (TPSA) is 12.5 Å². The SMILES string of the molecule is CN1CCC(COc2ccc(Br)cc2)CC1. The van der Waals surface area contributed by atoms with E-state index >= 15 is 0 Å². The molecule has 1 aromatic rings. The first-order valence-corrected chi connectivity index (χ1v) is 6.60. The molecule has 0 aromatic heterocycles. The number of nitrogens with zero attached hydrogens (tertiary/aromatic N) is 1. The molecule has 1 fully saturated rings. The van der Waals surface area contributed by atoms with Crippen molar-refractivity contribution in [3.05, 3.63) is 28.7 Å². The molecule has 1 heterocycles. The molecule has 16 heavy (non-hydrogen) atoms. The van der Waals surface area contributed by atoms with Gasteiger partial charge >= 0.3 is 0 Å². The highest BCUT2D eigenvalue weighted by atomic mass is 79.9. The van der Waals surface area contributed by atoms with E-state index in [0.29, 0.717) is 0 Å². The smallest absolute Gasteiger partial charge is 0.119 e. The minimum absolute atomic E-state index is 0.722. The highest BCUT2D eigenvalue weighted by molar-refractivity contribution is 9.10. The fraction of sp³-hybridized carbons (Fsp3) is 0.538. The molecule has 3 heteroatoms. The maximum atomic E-state index is 5.80. The summed E-state index contributed by atoms with van der Waals surface area (Å²) in [5.41, 5.74) is 0. The Morgan fingerprint density at radius 3 is 2.50 bits per heavy atom. The van der Waals surface area contributed by atoms with Crippen LogP contribution in [0.5, 0.6) is 5.75 Å². The molecule has 0 amide bonds. The van der Waals surface area contributed by atoms with Crippen LogP contribution in [0.15, 0.2) is 28.7 Å². The summed E-state index contributed by atoms with van der Waals surface area (Å²) in [7, 11) is 2.19. The third kappa shape index (κ3) is 3.49. The fourth-order valence-electron chi connectivity index (χ4n) is 1.97. The van der Waals surface area contributed by atoms with Gasteiger partial charge in [0.2, 0.25) is 0 Å². The number of hydrogen-bond acceptors (Lipinski definition) is 2. The standard InChI is InChI=1S/C13H18BrNO/c1-15-8-6-11(7-9-15)10-16-13-4-2-12(14)3-5-13/h2-5,11H,6-10H2,1H3. The largest absolute Gasteiger partial charge is 0.493 e. The fourth-order valence-corrected chi connectivity index (χ4v) is 2.24. The zero-order chi connectivity index (χ0) is 11.4. The Hall–Kier alpha value is -0.540. The van der Waals surface area contributed by atoms with Gasteiger partial charge in [-0.3, -0.25) is 0 Å². The van der Waals surface area contributed by atoms with Crippen LogP contribution in [0.4, 0.5) is 0 Å². The maximum Gasteiger partial charge on any atom is 0.119 e. The van der Waals surface area contributed by atoms with Crippen molar-refractivity contribution < 1.29 is 4.74 Å². The predicted octanol–water partition coefficient (Wildman–Crippen LogP) is 3.17. The van der Waals surface area contributed by atoms with Gasteiger partial charge < -0.3 is 9.64 Å². The lowest BCUT2D eigenvalue weighted by Crippen LogP contribution is -2.32. The Bertz CT molecular complexity index is 317. The highest BCUT2D eigenvalue weighted by Crippen LogP contribution is 2.20. The second kappa shape index (κ2) is 5.69. The van der Waals surface area contributed by atoms with E-state index in [1.165, 1.54) is 25.9 Å². The van der Waals surface area contributed by atoms with E-state index in [0.717, 1.165) is 22.7 Å². The van der Waals surface area contributed by atoms with E-state index in [9.17, 15) is 0 Å². The summed E-state index contributed by atoms with van der Waals surface area (Å²) in [6.45, 7) is 3.26. The minimum atomic E-state index is 0.722. The Labute approximate surface area is 106 Å². The normalized spacial score (nSPS) is 18.6. The quantitative estimate of drug-likeness (QED) is 0.845. The Morgan fingerprint density at radius 2 is 1.88 bits per heavy atom. The van der Waals surface area contributed by atoms with Gasteiger partial charge in [-0.2, -0.15) is 0 Å². The first-order valence-electron chi connectivity index (χ1n) is 5.81. The number of halogens is 1. The van der Waals surface area contributed by atoms with Crippen LogP contribution in [-0.2, 0) is 0 Å². The van der Waals surface area contributed by atoms with Crippen LogP contribution in [0.2, 0.25) is 0 Å². The van der Waals surface area contributed by atoms with Gasteiger partial charge in [-0.25, -0.2) is 0 Å². The molecule has 0 saturated carbocycles. The molecule has 0 N–H and O–H groups in total. The van der Waals surface area contributed by atoms with E-state index in [4.69, 9.17) is 4.74 Å². The van der Waals surface area contributed by atoms with Crippen LogP contribution >= 0.6 is 15.9 Å². The third-order valence-electron chi connectivity index (χ3n) is 3.14. The Balaban J connectivity index is 1.77. The molecule has 0 radical (unpaired) electrons. The average Bonchev–Trinajstić information content (AvgIpc) is 2.30. The van der Waals surface area contributed by atoms with Crippen molar-refractivity contribution >= 4 is 15.9 Å². The van der Waals surface area contributed by atoms with Gasteiger partial charge in [0.15, 0.2) is 0 Å². The minimum Gasteiger partial charge on any atom is -0.493 e. The average molecular weight is 284 g/mol.